The molecule has 0 radical (unpaired) electrons. The molecule has 0 bridgehead atoms. The highest BCUT2D eigenvalue weighted by Gasteiger charge is 2.14. The van der Waals surface area contributed by atoms with Gasteiger partial charge in [-0.15, -0.1) is 0 Å². The Kier molecular flexibility index (Phi) is 4.01. The van der Waals surface area contributed by atoms with Crippen LogP contribution in [0.2, 0.25) is 0 Å². The van der Waals surface area contributed by atoms with Gasteiger partial charge < -0.3 is 14.8 Å². The molecule has 0 atom stereocenters. The van der Waals surface area contributed by atoms with Crippen LogP contribution in [0.5, 0.6) is 11.5 Å². The van der Waals surface area contributed by atoms with Gasteiger partial charge in [0.25, 0.3) is 0 Å². The molecule has 0 aliphatic carbocycles. The van der Waals surface area contributed by atoms with E-state index in [1.807, 2.05) is 12.1 Å². The van der Waals surface area contributed by atoms with Gasteiger partial charge in [-0.1, -0.05) is 6.08 Å². The molecule has 0 saturated carbocycles. The van der Waals surface area contributed by atoms with Crippen LogP contribution in [-0.2, 0) is 0 Å². The van der Waals surface area contributed by atoms with Crippen LogP contribution in [0.1, 0.15) is 18.5 Å². The SMILES string of the molecule is COc1cc2ncnc(C3=CCCNCC3)c2cc1OC. The molecule has 3 rings (SSSR count). The van der Waals surface area contributed by atoms with Crippen molar-refractivity contribution in [2.75, 3.05) is 27.3 Å². The monoisotopic (exact) mass is 285 g/mol. The first-order valence-corrected chi connectivity index (χ1v) is 7.10. The lowest BCUT2D eigenvalue weighted by Crippen LogP contribution is -2.14. The number of benzene rings is 1. The van der Waals surface area contributed by atoms with Gasteiger partial charge in [0.15, 0.2) is 11.5 Å². The Morgan fingerprint density at radius 1 is 1.05 bits per heavy atom. The molecule has 0 amide bonds. The lowest BCUT2D eigenvalue weighted by Gasteiger charge is -2.12. The zero-order chi connectivity index (χ0) is 14.7. The Morgan fingerprint density at radius 3 is 2.67 bits per heavy atom. The van der Waals surface area contributed by atoms with Crippen LogP contribution >= 0.6 is 0 Å². The van der Waals surface area contributed by atoms with Gasteiger partial charge in [0.2, 0.25) is 0 Å². The van der Waals surface area contributed by atoms with Gasteiger partial charge in [-0.05, 0) is 37.6 Å². The minimum atomic E-state index is 0.686. The zero-order valence-corrected chi connectivity index (χ0v) is 12.3. The third-order valence-electron chi connectivity index (χ3n) is 3.73. The molecule has 0 saturated heterocycles. The lowest BCUT2D eigenvalue weighted by molar-refractivity contribution is 0.355. The summed E-state index contributed by atoms with van der Waals surface area (Å²) < 4.78 is 10.7. The minimum absolute atomic E-state index is 0.686. The molecule has 2 aromatic rings. The van der Waals surface area contributed by atoms with Crippen molar-refractivity contribution in [3.8, 4) is 11.5 Å². The van der Waals surface area contributed by atoms with Gasteiger partial charge >= 0.3 is 0 Å². The number of nitrogens with zero attached hydrogens (tertiary/aromatic N) is 2. The highest BCUT2D eigenvalue weighted by molar-refractivity contribution is 5.92. The Hall–Kier alpha value is -2.14. The topological polar surface area (TPSA) is 56.3 Å². The van der Waals surface area contributed by atoms with Crippen molar-refractivity contribution in [2.24, 2.45) is 0 Å². The van der Waals surface area contributed by atoms with E-state index in [0.717, 1.165) is 42.5 Å². The summed E-state index contributed by atoms with van der Waals surface area (Å²) in [5.41, 5.74) is 3.13. The molecular formula is C16H19N3O2. The summed E-state index contributed by atoms with van der Waals surface area (Å²) in [4.78, 5) is 8.85. The summed E-state index contributed by atoms with van der Waals surface area (Å²) in [7, 11) is 3.27. The molecule has 1 aromatic heterocycles. The molecule has 0 unspecified atom stereocenters. The van der Waals surface area contributed by atoms with Crippen LogP contribution in [0.3, 0.4) is 0 Å². The fourth-order valence-corrected chi connectivity index (χ4v) is 2.65. The van der Waals surface area contributed by atoms with Crippen molar-refractivity contribution in [3.63, 3.8) is 0 Å². The molecule has 0 fully saturated rings. The summed E-state index contributed by atoms with van der Waals surface area (Å²) in [5.74, 6) is 1.39. The Labute approximate surface area is 124 Å². The molecule has 110 valence electrons. The van der Waals surface area contributed by atoms with Gasteiger partial charge in [0.05, 0.1) is 25.4 Å². The Morgan fingerprint density at radius 2 is 1.86 bits per heavy atom. The van der Waals surface area contributed by atoms with E-state index in [4.69, 9.17) is 9.47 Å². The van der Waals surface area contributed by atoms with Crippen molar-refractivity contribution < 1.29 is 9.47 Å². The van der Waals surface area contributed by atoms with Crippen LogP contribution < -0.4 is 14.8 Å². The highest BCUT2D eigenvalue weighted by atomic mass is 16.5. The summed E-state index contributed by atoms with van der Waals surface area (Å²) in [5, 5.41) is 4.40. The van der Waals surface area contributed by atoms with Gasteiger partial charge in [-0.2, -0.15) is 0 Å². The normalized spacial score (nSPS) is 15.4. The average molecular weight is 285 g/mol. The molecule has 21 heavy (non-hydrogen) atoms. The van der Waals surface area contributed by atoms with Crippen LogP contribution in [0.25, 0.3) is 16.5 Å². The summed E-state index contributed by atoms with van der Waals surface area (Å²) in [6.07, 6.45) is 5.87. The average Bonchev–Trinajstić information content (AvgIpc) is 2.82. The third kappa shape index (κ3) is 2.69. The van der Waals surface area contributed by atoms with Crippen molar-refractivity contribution in [2.45, 2.75) is 12.8 Å². The first kappa shape index (κ1) is 13.8. The minimum Gasteiger partial charge on any atom is -0.493 e. The second-order valence-corrected chi connectivity index (χ2v) is 4.96. The Bertz CT molecular complexity index is 683. The molecule has 1 aliphatic rings. The van der Waals surface area contributed by atoms with E-state index in [2.05, 4.69) is 21.4 Å². The molecule has 0 spiro atoms. The quantitative estimate of drug-likeness (QED) is 0.938. The predicted molar refractivity (Wildman–Crippen MR) is 82.7 cm³/mol. The van der Waals surface area contributed by atoms with E-state index in [-0.39, 0.29) is 0 Å². The fourth-order valence-electron chi connectivity index (χ4n) is 2.65. The largest absolute Gasteiger partial charge is 0.493 e. The second kappa shape index (κ2) is 6.10. The highest BCUT2D eigenvalue weighted by Crippen LogP contribution is 2.34. The van der Waals surface area contributed by atoms with Crippen molar-refractivity contribution in [1.82, 2.24) is 15.3 Å². The number of hydrogen-bond donors (Lipinski definition) is 1. The van der Waals surface area contributed by atoms with Crippen LogP contribution in [0.15, 0.2) is 24.5 Å². The second-order valence-electron chi connectivity index (χ2n) is 4.96. The van der Waals surface area contributed by atoms with Crippen LogP contribution in [0, 0.1) is 0 Å². The maximum absolute atomic E-state index is 5.40. The third-order valence-corrected chi connectivity index (χ3v) is 3.73. The molecule has 1 aliphatic heterocycles. The molecule has 5 heteroatoms. The van der Waals surface area contributed by atoms with Crippen molar-refractivity contribution in [3.05, 3.63) is 30.2 Å². The number of methoxy groups -OCH3 is 2. The maximum Gasteiger partial charge on any atom is 0.162 e. The standard InChI is InChI=1S/C16H19N3O2/c1-20-14-8-12-13(9-15(14)21-2)18-10-19-16(12)11-4-3-6-17-7-5-11/h4,8-10,17H,3,5-7H2,1-2H3. The van der Waals surface area contributed by atoms with Gasteiger partial charge in [-0.3, -0.25) is 0 Å². The number of ether oxygens (including phenoxy) is 2. The van der Waals surface area contributed by atoms with Crippen LogP contribution in [0.4, 0.5) is 0 Å². The smallest absolute Gasteiger partial charge is 0.162 e. The van der Waals surface area contributed by atoms with E-state index < -0.39 is 0 Å². The zero-order valence-electron chi connectivity index (χ0n) is 12.3. The first-order valence-electron chi connectivity index (χ1n) is 7.10. The predicted octanol–water partition coefficient (Wildman–Crippen LogP) is 2.41. The first-order chi connectivity index (χ1) is 10.3. The summed E-state index contributed by atoms with van der Waals surface area (Å²) in [6.45, 7) is 1.99. The van der Waals surface area contributed by atoms with E-state index in [9.17, 15) is 0 Å². The number of rotatable bonds is 3. The molecule has 5 nitrogen and oxygen atoms in total. The molecule has 2 heterocycles. The van der Waals surface area contributed by atoms with Crippen LogP contribution in [-0.4, -0.2) is 37.3 Å². The van der Waals surface area contributed by atoms with Gasteiger partial charge in [-0.25, -0.2) is 9.97 Å². The number of aromatic nitrogens is 2. The number of nitrogens with one attached hydrogen (secondary N) is 1. The van der Waals surface area contributed by atoms with E-state index in [0.29, 0.717) is 11.5 Å². The molecule has 1 N–H and O–H groups in total. The van der Waals surface area contributed by atoms with E-state index >= 15 is 0 Å². The van der Waals surface area contributed by atoms with E-state index in [1.54, 1.807) is 20.5 Å². The van der Waals surface area contributed by atoms with Crippen molar-refractivity contribution in [1.29, 1.82) is 0 Å². The Balaban J connectivity index is 2.16. The molecule has 1 aromatic carbocycles. The summed E-state index contributed by atoms with van der Waals surface area (Å²) >= 11 is 0. The summed E-state index contributed by atoms with van der Waals surface area (Å²) in [6, 6.07) is 3.86. The maximum atomic E-state index is 5.40. The van der Waals surface area contributed by atoms with E-state index in [1.165, 1.54) is 5.57 Å². The van der Waals surface area contributed by atoms with Crippen molar-refractivity contribution >= 4 is 16.5 Å². The number of fused-ring (bicyclic) bond motifs is 1. The lowest BCUT2D eigenvalue weighted by atomic mass is 10.0. The van der Waals surface area contributed by atoms with Gasteiger partial charge in [0.1, 0.15) is 6.33 Å². The fraction of sp³-hybridized carbons (Fsp3) is 0.375. The molecular weight excluding hydrogens is 266 g/mol. The van der Waals surface area contributed by atoms with Gasteiger partial charge in [0, 0.05) is 11.5 Å². The number of hydrogen-bond acceptors (Lipinski definition) is 5.